The van der Waals surface area contributed by atoms with Crippen LogP contribution in [0.5, 0.6) is 0 Å². The Bertz CT molecular complexity index is 813. The third kappa shape index (κ3) is 3.82. The fraction of sp³-hybridized carbons (Fsp3) is 0.714. The van der Waals surface area contributed by atoms with Gasteiger partial charge in [-0.3, -0.25) is 9.69 Å². The number of nitrogens with zero attached hydrogens (tertiary/aromatic N) is 4. The monoisotopic (exact) mass is 402 g/mol. The van der Waals surface area contributed by atoms with Gasteiger partial charge in [-0.05, 0) is 19.8 Å². The minimum absolute atomic E-state index is 0.105. The number of aromatic nitrogens is 2. The summed E-state index contributed by atoms with van der Waals surface area (Å²) in [5, 5.41) is 0. The topological polar surface area (TPSA) is 84.9 Å². The van der Waals surface area contributed by atoms with Crippen molar-refractivity contribution < 1.29 is 19.1 Å². The zero-order valence-corrected chi connectivity index (χ0v) is 17.7. The molecule has 1 atom stereocenters. The van der Waals surface area contributed by atoms with Gasteiger partial charge in [0, 0.05) is 36.6 Å². The highest BCUT2D eigenvalue weighted by atomic mass is 16.6. The minimum Gasteiger partial charge on any atom is -0.440 e. The van der Waals surface area contributed by atoms with Crippen LogP contribution in [0.4, 0.5) is 10.6 Å². The van der Waals surface area contributed by atoms with E-state index in [4.69, 9.17) is 14.5 Å². The van der Waals surface area contributed by atoms with E-state index in [1.165, 1.54) is 0 Å². The van der Waals surface area contributed by atoms with Gasteiger partial charge in [0.1, 0.15) is 11.4 Å². The summed E-state index contributed by atoms with van der Waals surface area (Å²) in [7, 11) is 0. The molecular weight excluding hydrogens is 372 g/mol. The predicted octanol–water partition coefficient (Wildman–Crippen LogP) is 3.00. The Hall–Kier alpha value is -2.22. The van der Waals surface area contributed by atoms with Crippen LogP contribution in [0.25, 0.3) is 0 Å². The van der Waals surface area contributed by atoms with Crippen molar-refractivity contribution in [2.75, 3.05) is 31.2 Å². The van der Waals surface area contributed by atoms with Crippen molar-refractivity contribution in [3.8, 4) is 0 Å². The van der Waals surface area contributed by atoms with Gasteiger partial charge < -0.3 is 14.4 Å². The lowest BCUT2D eigenvalue weighted by atomic mass is 9.94. The Labute approximate surface area is 171 Å². The Morgan fingerprint density at radius 1 is 1.24 bits per heavy atom. The van der Waals surface area contributed by atoms with Crippen LogP contribution < -0.4 is 4.90 Å². The number of hydrogen-bond acceptors (Lipinski definition) is 6. The van der Waals surface area contributed by atoms with Crippen LogP contribution in [-0.2, 0) is 14.3 Å². The Balaban J connectivity index is 1.61. The molecule has 0 aliphatic carbocycles. The van der Waals surface area contributed by atoms with E-state index < -0.39 is 11.0 Å². The lowest BCUT2D eigenvalue weighted by Crippen LogP contribution is -2.40. The highest BCUT2D eigenvalue weighted by Gasteiger charge is 2.47. The molecule has 8 heteroatoms. The second kappa shape index (κ2) is 7.23. The fourth-order valence-electron chi connectivity index (χ4n) is 4.37. The number of hydrogen-bond donors (Lipinski definition) is 0. The van der Waals surface area contributed by atoms with Crippen molar-refractivity contribution in [2.24, 2.45) is 5.41 Å². The lowest BCUT2D eigenvalue weighted by Gasteiger charge is -2.31. The third-order valence-electron chi connectivity index (χ3n) is 5.96. The summed E-state index contributed by atoms with van der Waals surface area (Å²) in [5.41, 5.74) is -0.167. The van der Waals surface area contributed by atoms with E-state index in [1.807, 2.05) is 38.7 Å². The molecule has 0 aromatic carbocycles. The van der Waals surface area contributed by atoms with E-state index in [1.54, 1.807) is 4.90 Å². The van der Waals surface area contributed by atoms with E-state index in [-0.39, 0.29) is 18.0 Å². The number of anilines is 1. The number of carbonyl (C=O) groups is 2. The molecule has 3 aliphatic rings. The molecule has 0 N–H and O–H groups in total. The van der Waals surface area contributed by atoms with Crippen molar-refractivity contribution in [2.45, 2.75) is 65.0 Å². The highest BCUT2D eigenvalue weighted by Crippen LogP contribution is 2.37. The standard InChI is InChI=1S/C21H30N4O4/c1-14-12-16(25-13-21(29-19(25)27)7-10-28-11-8-21)23-17(22-14)15-6-5-9-24(15)18(26)20(2,3)4/h12,15H,5-11,13H2,1-4H3. The SMILES string of the molecule is Cc1cc(N2CC3(CCOCC3)OC2=O)nc(C2CCCN2C(=O)C(C)(C)C)n1. The molecule has 0 radical (unpaired) electrons. The molecule has 3 fully saturated rings. The average molecular weight is 402 g/mol. The molecule has 4 rings (SSSR count). The maximum Gasteiger partial charge on any atom is 0.416 e. The van der Waals surface area contributed by atoms with E-state index in [0.29, 0.717) is 50.8 Å². The molecular formula is C21H30N4O4. The molecule has 2 amide bonds. The second-order valence-corrected chi connectivity index (χ2v) is 9.38. The van der Waals surface area contributed by atoms with Crippen LogP contribution in [0.2, 0.25) is 0 Å². The number of rotatable bonds is 2. The molecule has 3 saturated heterocycles. The first-order chi connectivity index (χ1) is 13.7. The van der Waals surface area contributed by atoms with Crippen molar-refractivity contribution in [3.05, 3.63) is 17.6 Å². The summed E-state index contributed by atoms with van der Waals surface area (Å²) in [4.78, 5) is 38.4. The molecule has 8 nitrogen and oxygen atoms in total. The first-order valence-electron chi connectivity index (χ1n) is 10.4. The van der Waals surface area contributed by atoms with Gasteiger partial charge >= 0.3 is 6.09 Å². The number of aryl methyl sites for hydroxylation is 1. The molecule has 1 aromatic rings. The first kappa shape index (κ1) is 20.1. The maximum atomic E-state index is 12.9. The fourth-order valence-corrected chi connectivity index (χ4v) is 4.37. The number of likely N-dealkylation sites (tertiary alicyclic amines) is 1. The summed E-state index contributed by atoms with van der Waals surface area (Å²) in [6.07, 6.45) is 2.78. The average Bonchev–Trinajstić information content (AvgIpc) is 3.25. The molecule has 0 saturated carbocycles. The summed E-state index contributed by atoms with van der Waals surface area (Å²) in [6.45, 7) is 10.1. The van der Waals surface area contributed by atoms with E-state index in [0.717, 1.165) is 18.5 Å². The van der Waals surface area contributed by atoms with Gasteiger partial charge in [0.25, 0.3) is 0 Å². The zero-order chi connectivity index (χ0) is 20.8. The Morgan fingerprint density at radius 3 is 2.66 bits per heavy atom. The zero-order valence-electron chi connectivity index (χ0n) is 17.7. The Kier molecular flexibility index (Phi) is 5.01. The van der Waals surface area contributed by atoms with Gasteiger partial charge in [0.05, 0.1) is 25.8 Å². The van der Waals surface area contributed by atoms with Crippen molar-refractivity contribution in [3.63, 3.8) is 0 Å². The lowest BCUT2D eigenvalue weighted by molar-refractivity contribution is -0.140. The van der Waals surface area contributed by atoms with Crippen molar-refractivity contribution >= 4 is 17.8 Å². The number of carbonyl (C=O) groups excluding carboxylic acids is 2. The third-order valence-corrected chi connectivity index (χ3v) is 5.96. The van der Waals surface area contributed by atoms with Gasteiger partial charge in [0.15, 0.2) is 5.82 Å². The van der Waals surface area contributed by atoms with Gasteiger partial charge in [0.2, 0.25) is 5.91 Å². The minimum atomic E-state index is -0.490. The summed E-state index contributed by atoms with van der Waals surface area (Å²) in [6, 6.07) is 1.66. The normalized spacial score (nSPS) is 24.3. The summed E-state index contributed by atoms with van der Waals surface area (Å²) < 4.78 is 11.2. The summed E-state index contributed by atoms with van der Waals surface area (Å²) in [5.74, 6) is 1.26. The highest BCUT2D eigenvalue weighted by molar-refractivity contribution is 5.89. The quantitative estimate of drug-likeness (QED) is 0.756. The molecule has 4 heterocycles. The van der Waals surface area contributed by atoms with Crippen LogP contribution in [0.15, 0.2) is 6.07 Å². The number of ether oxygens (including phenoxy) is 2. The first-order valence-corrected chi connectivity index (χ1v) is 10.4. The molecule has 0 bridgehead atoms. The van der Waals surface area contributed by atoms with Crippen molar-refractivity contribution in [1.82, 2.24) is 14.9 Å². The Morgan fingerprint density at radius 2 is 1.97 bits per heavy atom. The smallest absolute Gasteiger partial charge is 0.416 e. The molecule has 158 valence electrons. The van der Waals surface area contributed by atoms with Crippen molar-refractivity contribution in [1.29, 1.82) is 0 Å². The van der Waals surface area contributed by atoms with Crippen LogP contribution in [0.1, 0.15) is 64.0 Å². The van der Waals surface area contributed by atoms with Gasteiger partial charge in [-0.15, -0.1) is 0 Å². The van der Waals surface area contributed by atoms with Gasteiger partial charge in [-0.2, -0.15) is 0 Å². The van der Waals surface area contributed by atoms with Crippen LogP contribution in [-0.4, -0.2) is 58.8 Å². The largest absolute Gasteiger partial charge is 0.440 e. The molecule has 1 aromatic heterocycles. The number of amides is 2. The van der Waals surface area contributed by atoms with E-state index >= 15 is 0 Å². The second-order valence-electron chi connectivity index (χ2n) is 9.38. The molecule has 1 spiro atoms. The van der Waals surface area contributed by atoms with Crippen LogP contribution >= 0.6 is 0 Å². The van der Waals surface area contributed by atoms with Gasteiger partial charge in [-0.1, -0.05) is 20.8 Å². The van der Waals surface area contributed by atoms with E-state index in [9.17, 15) is 9.59 Å². The maximum absolute atomic E-state index is 12.9. The van der Waals surface area contributed by atoms with Crippen LogP contribution in [0.3, 0.4) is 0 Å². The molecule has 3 aliphatic heterocycles. The summed E-state index contributed by atoms with van der Waals surface area (Å²) >= 11 is 0. The predicted molar refractivity (Wildman–Crippen MR) is 107 cm³/mol. The molecule has 1 unspecified atom stereocenters. The molecule has 29 heavy (non-hydrogen) atoms. The van der Waals surface area contributed by atoms with E-state index in [2.05, 4.69) is 4.98 Å². The van der Waals surface area contributed by atoms with Crippen LogP contribution in [0, 0.1) is 12.3 Å². The van der Waals surface area contributed by atoms with Gasteiger partial charge in [-0.25, -0.2) is 14.8 Å².